The monoisotopic (exact) mass is 258 g/mol. The first-order valence-electron chi connectivity index (χ1n) is 4.05. The minimum atomic E-state index is -0.919. The second kappa shape index (κ2) is 4.28. The lowest BCUT2D eigenvalue weighted by molar-refractivity contribution is -0.446. The molecule has 2 rings (SSSR count). The lowest BCUT2D eigenvalue weighted by atomic mass is 10.3. The van der Waals surface area contributed by atoms with Crippen molar-refractivity contribution in [2.75, 3.05) is 10.9 Å². The number of aromatic nitrogens is 4. The van der Waals surface area contributed by atoms with Gasteiger partial charge in [0.1, 0.15) is 0 Å². The first kappa shape index (κ1) is 11.2. The van der Waals surface area contributed by atoms with E-state index in [1.807, 2.05) is 0 Å². The molecule has 0 atom stereocenters. The van der Waals surface area contributed by atoms with E-state index in [1.54, 1.807) is 10.9 Å². The number of hydrogen-bond acceptors (Lipinski definition) is 10. The molecule has 94 valence electrons. The molecule has 2 heterocycles. The van der Waals surface area contributed by atoms with E-state index in [2.05, 4.69) is 29.9 Å². The summed E-state index contributed by atoms with van der Waals surface area (Å²) in [4.78, 5) is 20.5. The van der Waals surface area contributed by atoms with E-state index in [0.717, 1.165) is 0 Å². The van der Waals surface area contributed by atoms with E-state index >= 15 is 0 Å². The van der Waals surface area contributed by atoms with Crippen molar-refractivity contribution in [1.29, 1.82) is 0 Å². The standard InChI is InChI=1S/C4H2N8O6/c13-11(14)5-3-1(7-17-9-3)2-4(6-12(15)16)10-18-8-2/h(H,5,9)(H,6,10). The molecular formula is C4H2N8O6. The molecule has 2 N–H and O–H groups in total. The Labute approximate surface area is 95.1 Å². The number of hydrazine groups is 2. The second-order valence-corrected chi connectivity index (χ2v) is 2.66. The van der Waals surface area contributed by atoms with Gasteiger partial charge >= 0.3 is 0 Å². The van der Waals surface area contributed by atoms with Gasteiger partial charge in [0.15, 0.2) is 21.5 Å². The minimum absolute atomic E-state index is 0.266. The summed E-state index contributed by atoms with van der Waals surface area (Å²) in [7, 11) is 0. The van der Waals surface area contributed by atoms with Crippen LogP contribution in [0.15, 0.2) is 9.26 Å². The maximum atomic E-state index is 10.3. The van der Waals surface area contributed by atoms with Crippen LogP contribution in [0.2, 0.25) is 0 Å². The normalized spacial score (nSPS) is 10.0. The van der Waals surface area contributed by atoms with Gasteiger partial charge in [0, 0.05) is 0 Å². The van der Waals surface area contributed by atoms with Crippen LogP contribution in [-0.2, 0) is 0 Å². The highest BCUT2D eigenvalue weighted by Gasteiger charge is 2.25. The Morgan fingerprint density at radius 2 is 1.22 bits per heavy atom. The Balaban J connectivity index is 2.37. The van der Waals surface area contributed by atoms with Crippen LogP contribution < -0.4 is 10.9 Å². The molecule has 0 bridgehead atoms. The van der Waals surface area contributed by atoms with E-state index in [9.17, 15) is 20.2 Å². The number of anilines is 2. The Bertz CT molecular complexity index is 536. The van der Waals surface area contributed by atoms with E-state index < -0.39 is 21.7 Å². The quantitative estimate of drug-likeness (QED) is 0.508. The highest BCUT2D eigenvalue weighted by atomic mass is 16.7. The van der Waals surface area contributed by atoms with Crippen molar-refractivity contribution in [1.82, 2.24) is 20.6 Å². The first-order chi connectivity index (χ1) is 8.58. The van der Waals surface area contributed by atoms with Crippen LogP contribution in [0.1, 0.15) is 0 Å². The Morgan fingerprint density at radius 3 is 1.56 bits per heavy atom. The molecule has 14 nitrogen and oxygen atoms in total. The Morgan fingerprint density at radius 1 is 0.833 bits per heavy atom. The average molecular weight is 258 g/mol. The molecule has 2 aromatic rings. The predicted octanol–water partition coefficient (Wildman–Crippen LogP) is -0.673. The van der Waals surface area contributed by atoms with Crippen LogP contribution in [0.5, 0.6) is 0 Å². The molecule has 0 amide bonds. The van der Waals surface area contributed by atoms with E-state index in [-0.39, 0.29) is 11.4 Å². The molecule has 0 spiro atoms. The van der Waals surface area contributed by atoms with Crippen molar-refractivity contribution in [3.63, 3.8) is 0 Å². The third-order valence-electron chi connectivity index (χ3n) is 1.60. The highest BCUT2D eigenvalue weighted by Crippen LogP contribution is 2.27. The van der Waals surface area contributed by atoms with Gasteiger partial charge in [-0.15, -0.1) is 0 Å². The predicted molar refractivity (Wildman–Crippen MR) is 48.8 cm³/mol. The molecule has 0 saturated heterocycles. The summed E-state index contributed by atoms with van der Waals surface area (Å²) in [6.45, 7) is 0. The van der Waals surface area contributed by atoms with Crippen LogP contribution in [-0.4, -0.2) is 30.7 Å². The molecule has 0 fully saturated rings. The van der Waals surface area contributed by atoms with Crippen LogP contribution in [0.25, 0.3) is 11.4 Å². The van der Waals surface area contributed by atoms with Crippen LogP contribution in [0.4, 0.5) is 11.6 Å². The number of nitrogens with zero attached hydrogens (tertiary/aromatic N) is 6. The van der Waals surface area contributed by atoms with Crippen LogP contribution in [0.3, 0.4) is 0 Å². The molecule has 0 aliphatic heterocycles. The maximum absolute atomic E-state index is 10.3. The van der Waals surface area contributed by atoms with Gasteiger partial charge in [0.25, 0.3) is 11.6 Å². The van der Waals surface area contributed by atoms with Crippen molar-refractivity contribution in [2.45, 2.75) is 0 Å². The van der Waals surface area contributed by atoms with E-state index in [0.29, 0.717) is 0 Å². The molecule has 0 aliphatic carbocycles. The van der Waals surface area contributed by atoms with Crippen molar-refractivity contribution in [3.05, 3.63) is 20.2 Å². The van der Waals surface area contributed by atoms with Crippen LogP contribution in [0, 0.1) is 20.2 Å². The number of nitro groups is 2. The molecule has 2 aromatic heterocycles. The molecule has 18 heavy (non-hydrogen) atoms. The summed E-state index contributed by atoms with van der Waals surface area (Å²) in [5.41, 5.74) is 2.81. The summed E-state index contributed by atoms with van der Waals surface area (Å²) >= 11 is 0. The van der Waals surface area contributed by atoms with Crippen molar-refractivity contribution in [2.24, 2.45) is 0 Å². The van der Waals surface area contributed by atoms with Gasteiger partial charge in [-0.25, -0.2) is 29.5 Å². The SMILES string of the molecule is O=[N+]([O-])Nc1nonc1-c1nonc1N[N+](=O)[O-]. The fourth-order valence-corrected chi connectivity index (χ4v) is 1.01. The van der Waals surface area contributed by atoms with Gasteiger partial charge in [-0.1, -0.05) is 10.9 Å². The number of hydrogen-bond donors (Lipinski definition) is 2. The second-order valence-electron chi connectivity index (χ2n) is 2.66. The minimum Gasteiger partial charge on any atom is -0.241 e. The highest BCUT2D eigenvalue weighted by molar-refractivity contribution is 5.74. The number of rotatable bonds is 5. The van der Waals surface area contributed by atoms with Gasteiger partial charge in [-0.2, -0.15) is 0 Å². The summed E-state index contributed by atoms with van der Waals surface area (Å²) < 4.78 is 8.51. The summed E-state index contributed by atoms with van der Waals surface area (Å²) in [5.74, 6) is -0.802. The van der Waals surface area contributed by atoms with Gasteiger partial charge in [-0.3, -0.25) is 0 Å². The first-order valence-corrected chi connectivity index (χ1v) is 4.05. The van der Waals surface area contributed by atoms with E-state index in [4.69, 9.17) is 0 Å². The molecule has 0 radical (unpaired) electrons. The average Bonchev–Trinajstić information content (AvgIpc) is 2.85. The fourth-order valence-electron chi connectivity index (χ4n) is 1.01. The zero-order valence-corrected chi connectivity index (χ0v) is 8.13. The maximum Gasteiger partial charge on any atom is 0.263 e. The van der Waals surface area contributed by atoms with Gasteiger partial charge in [0.05, 0.1) is 0 Å². The van der Waals surface area contributed by atoms with Crippen molar-refractivity contribution in [3.8, 4) is 11.4 Å². The molecule has 0 aromatic carbocycles. The smallest absolute Gasteiger partial charge is 0.241 e. The summed E-state index contributed by atoms with van der Waals surface area (Å²) in [6, 6.07) is 0. The third kappa shape index (κ3) is 2.10. The Hall–Kier alpha value is -3.32. The van der Waals surface area contributed by atoms with Crippen molar-refractivity contribution >= 4 is 11.6 Å². The molecule has 0 unspecified atom stereocenters. The summed E-state index contributed by atoms with van der Waals surface area (Å²) in [5, 5.41) is 31.6. The van der Waals surface area contributed by atoms with Crippen LogP contribution >= 0.6 is 0 Å². The summed E-state index contributed by atoms with van der Waals surface area (Å²) in [6.07, 6.45) is 0. The zero-order chi connectivity index (χ0) is 13.1. The topological polar surface area (TPSA) is 188 Å². The van der Waals surface area contributed by atoms with Gasteiger partial charge in [0.2, 0.25) is 0 Å². The molecule has 14 heteroatoms. The largest absolute Gasteiger partial charge is 0.263 e. The molecule has 0 saturated carbocycles. The molecular weight excluding hydrogens is 256 g/mol. The Kier molecular flexibility index (Phi) is 2.65. The lowest BCUT2D eigenvalue weighted by Gasteiger charge is -1.93. The van der Waals surface area contributed by atoms with Crippen molar-refractivity contribution < 1.29 is 19.3 Å². The zero-order valence-electron chi connectivity index (χ0n) is 8.13. The third-order valence-corrected chi connectivity index (χ3v) is 1.60. The van der Waals surface area contributed by atoms with Gasteiger partial charge in [-0.05, 0) is 20.6 Å². The fraction of sp³-hybridized carbons (Fsp3) is 0. The molecule has 0 aliphatic rings. The lowest BCUT2D eigenvalue weighted by Crippen LogP contribution is -2.11. The number of nitrogens with one attached hydrogen (secondary N) is 2. The van der Waals surface area contributed by atoms with Gasteiger partial charge < -0.3 is 0 Å². The van der Waals surface area contributed by atoms with E-state index in [1.165, 1.54) is 0 Å².